The van der Waals surface area contributed by atoms with Crippen LogP contribution in [0, 0.1) is 19.7 Å². The van der Waals surface area contributed by atoms with E-state index in [1.807, 2.05) is 5.48 Å². The normalized spacial score (nSPS) is 9.83. The van der Waals surface area contributed by atoms with Gasteiger partial charge in [-0.1, -0.05) is 6.07 Å². The van der Waals surface area contributed by atoms with Crippen molar-refractivity contribution >= 4 is 5.91 Å². The molecule has 7 nitrogen and oxygen atoms in total. The molecule has 2 aromatic rings. The lowest BCUT2D eigenvalue weighted by atomic mass is 10.2. The summed E-state index contributed by atoms with van der Waals surface area (Å²) >= 11 is 0. The van der Waals surface area contributed by atoms with Gasteiger partial charge >= 0.3 is 0 Å². The van der Waals surface area contributed by atoms with Crippen LogP contribution in [-0.2, 0) is 4.84 Å². The Bertz CT molecular complexity index is 759. The minimum atomic E-state index is -0.785. The molecule has 0 aliphatic carbocycles. The van der Waals surface area contributed by atoms with Gasteiger partial charge in [-0.3, -0.25) is 14.4 Å². The third kappa shape index (κ3) is 4.21. The minimum Gasteiger partial charge on any atom is -0.400 e. The third-order valence-electron chi connectivity index (χ3n) is 2.86. The van der Waals surface area contributed by atoms with Crippen molar-refractivity contribution in [2.24, 2.45) is 0 Å². The fourth-order valence-electron chi connectivity index (χ4n) is 1.82. The highest BCUT2D eigenvalue weighted by Gasteiger charge is 2.16. The van der Waals surface area contributed by atoms with Crippen LogP contribution >= 0.6 is 0 Å². The van der Waals surface area contributed by atoms with Gasteiger partial charge < -0.3 is 5.11 Å². The number of benzene rings is 1. The summed E-state index contributed by atoms with van der Waals surface area (Å²) in [6.45, 7) is 3.28. The monoisotopic (exact) mass is 323 g/mol. The molecule has 2 N–H and O–H groups in total. The Morgan fingerprint density at radius 3 is 2.57 bits per heavy atom. The zero-order valence-electron chi connectivity index (χ0n) is 13.3. The Labute approximate surface area is 132 Å². The summed E-state index contributed by atoms with van der Waals surface area (Å²) in [6, 6.07) is 4.58. The van der Waals surface area contributed by atoms with Crippen molar-refractivity contribution in [3.63, 3.8) is 0 Å². The lowest BCUT2D eigenvalue weighted by Gasteiger charge is -2.10. The van der Waals surface area contributed by atoms with Gasteiger partial charge in [-0.2, -0.15) is 5.10 Å². The van der Waals surface area contributed by atoms with Gasteiger partial charge in [-0.25, -0.2) is 14.6 Å². The molecule has 0 saturated carbocycles. The lowest BCUT2D eigenvalue weighted by molar-refractivity contribution is 0.0529. The number of nitrogens with one attached hydrogen (secondary N) is 1. The number of aryl methyl sites for hydroxylation is 2. The molecule has 0 aliphatic rings. The highest BCUT2D eigenvalue weighted by Crippen LogP contribution is 2.14. The first kappa shape index (κ1) is 18.5. The smallest absolute Gasteiger partial charge is 0.299 e. The Morgan fingerprint density at radius 2 is 2.00 bits per heavy atom. The van der Waals surface area contributed by atoms with Crippen molar-refractivity contribution in [3.05, 3.63) is 57.3 Å². The molecule has 0 spiro atoms. The van der Waals surface area contributed by atoms with Crippen molar-refractivity contribution in [2.45, 2.75) is 13.8 Å². The SMILES string of the molecule is CO.CONC(=O)c1nn(-c2ccc(C)cc2F)cc(C)c1=O. The van der Waals surface area contributed by atoms with E-state index in [0.29, 0.717) is 0 Å². The maximum Gasteiger partial charge on any atom is 0.299 e. The molecule has 0 saturated heterocycles. The van der Waals surface area contributed by atoms with Crippen LogP contribution in [0.1, 0.15) is 21.6 Å². The number of aliphatic hydroxyl groups is 1. The van der Waals surface area contributed by atoms with E-state index in [9.17, 15) is 14.0 Å². The Balaban J connectivity index is 0.00000127. The molecule has 124 valence electrons. The van der Waals surface area contributed by atoms with Gasteiger partial charge in [0.15, 0.2) is 5.69 Å². The Kier molecular flexibility index (Phi) is 6.55. The summed E-state index contributed by atoms with van der Waals surface area (Å²) < 4.78 is 15.1. The van der Waals surface area contributed by atoms with Crippen LogP contribution in [0.3, 0.4) is 0 Å². The van der Waals surface area contributed by atoms with Crippen LogP contribution in [0.4, 0.5) is 4.39 Å². The van der Waals surface area contributed by atoms with E-state index < -0.39 is 17.2 Å². The van der Waals surface area contributed by atoms with Gasteiger partial charge in [-0.05, 0) is 31.5 Å². The number of hydrogen-bond acceptors (Lipinski definition) is 5. The number of halogens is 1. The van der Waals surface area contributed by atoms with Crippen molar-refractivity contribution < 1.29 is 19.1 Å². The van der Waals surface area contributed by atoms with E-state index >= 15 is 0 Å². The molecule has 0 bridgehead atoms. The van der Waals surface area contributed by atoms with E-state index in [2.05, 4.69) is 9.94 Å². The fourth-order valence-corrected chi connectivity index (χ4v) is 1.82. The first-order chi connectivity index (χ1) is 10.9. The van der Waals surface area contributed by atoms with Crippen LogP contribution in [0.2, 0.25) is 0 Å². The number of aromatic nitrogens is 2. The van der Waals surface area contributed by atoms with Gasteiger partial charge in [0.25, 0.3) is 5.91 Å². The first-order valence-corrected chi connectivity index (χ1v) is 6.59. The third-order valence-corrected chi connectivity index (χ3v) is 2.86. The maximum absolute atomic E-state index is 14.0. The number of hydrogen-bond donors (Lipinski definition) is 2. The van der Waals surface area contributed by atoms with Gasteiger partial charge in [-0.15, -0.1) is 0 Å². The topological polar surface area (TPSA) is 93.4 Å². The molecular weight excluding hydrogens is 305 g/mol. The predicted molar refractivity (Wildman–Crippen MR) is 81.9 cm³/mol. The number of rotatable bonds is 3. The van der Waals surface area contributed by atoms with Crippen molar-refractivity contribution in [1.82, 2.24) is 15.3 Å². The van der Waals surface area contributed by atoms with Crippen LogP contribution < -0.4 is 10.9 Å². The molecule has 0 unspecified atom stereocenters. The first-order valence-electron chi connectivity index (χ1n) is 6.59. The van der Waals surface area contributed by atoms with Crippen molar-refractivity contribution in [3.8, 4) is 5.69 Å². The largest absolute Gasteiger partial charge is 0.400 e. The Hall–Kier alpha value is -2.58. The quantitative estimate of drug-likeness (QED) is 0.818. The lowest BCUT2D eigenvalue weighted by Crippen LogP contribution is -2.32. The number of amides is 1. The summed E-state index contributed by atoms with van der Waals surface area (Å²) in [7, 11) is 2.24. The van der Waals surface area contributed by atoms with E-state index in [-0.39, 0.29) is 16.9 Å². The molecule has 0 atom stereocenters. The summed E-state index contributed by atoms with van der Waals surface area (Å²) in [5.41, 5.74) is 2.30. The summed E-state index contributed by atoms with van der Waals surface area (Å²) in [5, 5.41) is 10.9. The number of aliphatic hydroxyl groups excluding tert-OH is 1. The zero-order chi connectivity index (χ0) is 17.6. The molecule has 1 aromatic heterocycles. The second kappa shape index (κ2) is 8.16. The van der Waals surface area contributed by atoms with E-state index in [0.717, 1.165) is 17.4 Å². The summed E-state index contributed by atoms with van der Waals surface area (Å²) in [6.07, 6.45) is 1.37. The molecule has 1 heterocycles. The molecule has 1 aromatic carbocycles. The van der Waals surface area contributed by atoms with Gasteiger partial charge in [0.05, 0.1) is 7.11 Å². The van der Waals surface area contributed by atoms with Gasteiger partial charge in [0, 0.05) is 18.9 Å². The maximum atomic E-state index is 14.0. The second-order valence-electron chi connectivity index (χ2n) is 4.52. The molecule has 1 amide bonds. The number of carbonyl (C=O) groups is 1. The molecule has 0 fully saturated rings. The zero-order valence-corrected chi connectivity index (χ0v) is 13.3. The molecule has 8 heteroatoms. The average Bonchev–Trinajstić information content (AvgIpc) is 2.52. The molecule has 2 rings (SSSR count). The van der Waals surface area contributed by atoms with Crippen LogP contribution in [0.25, 0.3) is 5.69 Å². The molecule has 23 heavy (non-hydrogen) atoms. The predicted octanol–water partition coefficient (Wildman–Crippen LogP) is 0.888. The van der Waals surface area contributed by atoms with E-state index in [1.165, 1.54) is 32.4 Å². The van der Waals surface area contributed by atoms with Crippen molar-refractivity contribution in [2.75, 3.05) is 14.2 Å². The van der Waals surface area contributed by atoms with Crippen LogP contribution in [0.5, 0.6) is 0 Å². The van der Waals surface area contributed by atoms with Crippen LogP contribution in [0.15, 0.2) is 29.2 Å². The van der Waals surface area contributed by atoms with Gasteiger partial charge in [0.2, 0.25) is 5.43 Å². The standard InChI is InChI=1S/C14H14FN3O3.CH4O/c1-8-4-5-11(10(15)6-8)18-7-9(2)13(19)12(16-18)14(20)17-21-3;1-2/h4-7H,1-3H3,(H,17,20);2H,1H3. The summed E-state index contributed by atoms with van der Waals surface area (Å²) in [4.78, 5) is 28.1. The summed E-state index contributed by atoms with van der Waals surface area (Å²) in [5.74, 6) is -1.28. The highest BCUT2D eigenvalue weighted by atomic mass is 19.1. The van der Waals surface area contributed by atoms with E-state index in [4.69, 9.17) is 5.11 Å². The number of carbonyl (C=O) groups excluding carboxylic acids is 1. The van der Waals surface area contributed by atoms with Crippen molar-refractivity contribution in [1.29, 1.82) is 0 Å². The molecule has 0 aliphatic heterocycles. The van der Waals surface area contributed by atoms with Gasteiger partial charge in [0.1, 0.15) is 11.5 Å². The number of nitrogens with zero attached hydrogens (tertiary/aromatic N) is 2. The highest BCUT2D eigenvalue weighted by molar-refractivity contribution is 5.91. The average molecular weight is 323 g/mol. The number of hydroxylamine groups is 1. The van der Waals surface area contributed by atoms with E-state index in [1.54, 1.807) is 13.0 Å². The molecule has 0 radical (unpaired) electrons. The minimum absolute atomic E-state index is 0.148. The molecular formula is C15H18FN3O4. The Morgan fingerprint density at radius 1 is 1.35 bits per heavy atom. The fraction of sp³-hybridized carbons (Fsp3) is 0.267. The van der Waals surface area contributed by atoms with Crippen LogP contribution in [-0.4, -0.2) is 35.0 Å². The second-order valence-corrected chi connectivity index (χ2v) is 4.52.